The zero-order valence-electron chi connectivity index (χ0n) is 10.7. The van der Waals surface area contributed by atoms with Crippen molar-refractivity contribution < 1.29 is 0 Å². The molecule has 0 aliphatic rings. The van der Waals surface area contributed by atoms with E-state index in [9.17, 15) is 0 Å². The summed E-state index contributed by atoms with van der Waals surface area (Å²) < 4.78 is 1.03. The summed E-state index contributed by atoms with van der Waals surface area (Å²) in [6, 6.07) is 0. The first kappa shape index (κ1) is 13.2. The SMILES string of the molecule is CNc1nc(-c2ncn[nH]2)nc(C(C)(C)C)c1I. The van der Waals surface area contributed by atoms with Crippen LogP contribution in [0.3, 0.4) is 0 Å². The van der Waals surface area contributed by atoms with Crippen LogP contribution in [0.15, 0.2) is 6.33 Å². The molecule has 0 saturated carbocycles. The van der Waals surface area contributed by atoms with Crippen molar-refractivity contribution >= 4 is 28.4 Å². The Morgan fingerprint density at radius 2 is 2.00 bits per heavy atom. The van der Waals surface area contributed by atoms with Gasteiger partial charge in [-0.2, -0.15) is 5.10 Å². The van der Waals surface area contributed by atoms with Gasteiger partial charge in [0.15, 0.2) is 11.6 Å². The van der Waals surface area contributed by atoms with Crippen LogP contribution < -0.4 is 5.32 Å². The van der Waals surface area contributed by atoms with Gasteiger partial charge in [0.2, 0.25) is 0 Å². The molecule has 0 saturated heterocycles. The second kappa shape index (κ2) is 4.79. The van der Waals surface area contributed by atoms with Crippen molar-refractivity contribution in [1.29, 1.82) is 0 Å². The average Bonchev–Trinajstić information content (AvgIpc) is 2.81. The van der Waals surface area contributed by atoms with Gasteiger partial charge >= 0.3 is 0 Å². The highest BCUT2D eigenvalue weighted by Crippen LogP contribution is 2.30. The zero-order chi connectivity index (χ0) is 13.3. The number of halogens is 1. The van der Waals surface area contributed by atoms with E-state index in [1.807, 2.05) is 7.05 Å². The first-order valence-corrected chi connectivity index (χ1v) is 6.63. The van der Waals surface area contributed by atoms with Crippen molar-refractivity contribution in [2.45, 2.75) is 26.2 Å². The fraction of sp³-hybridized carbons (Fsp3) is 0.455. The third-order valence-electron chi connectivity index (χ3n) is 2.43. The number of hydrogen-bond acceptors (Lipinski definition) is 5. The highest BCUT2D eigenvalue weighted by molar-refractivity contribution is 14.1. The van der Waals surface area contributed by atoms with Gasteiger partial charge in [-0.05, 0) is 22.6 Å². The maximum atomic E-state index is 4.60. The van der Waals surface area contributed by atoms with E-state index in [2.05, 4.69) is 73.8 Å². The van der Waals surface area contributed by atoms with Gasteiger partial charge in [0.1, 0.15) is 12.1 Å². The van der Waals surface area contributed by atoms with Gasteiger partial charge in [-0.25, -0.2) is 15.0 Å². The van der Waals surface area contributed by atoms with E-state index in [4.69, 9.17) is 0 Å². The molecule has 2 N–H and O–H groups in total. The van der Waals surface area contributed by atoms with Crippen LogP contribution in [0.1, 0.15) is 26.5 Å². The maximum Gasteiger partial charge on any atom is 0.199 e. The lowest BCUT2D eigenvalue weighted by Crippen LogP contribution is -2.18. The molecule has 0 radical (unpaired) electrons. The summed E-state index contributed by atoms with van der Waals surface area (Å²) in [4.78, 5) is 13.1. The molecule has 18 heavy (non-hydrogen) atoms. The van der Waals surface area contributed by atoms with E-state index in [1.165, 1.54) is 6.33 Å². The van der Waals surface area contributed by atoms with Gasteiger partial charge in [0.05, 0.1) is 9.26 Å². The monoisotopic (exact) mass is 358 g/mol. The van der Waals surface area contributed by atoms with E-state index in [0.29, 0.717) is 11.6 Å². The molecule has 7 heteroatoms. The first-order valence-electron chi connectivity index (χ1n) is 5.55. The molecule has 2 heterocycles. The summed E-state index contributed by atoms with van der Waals surface area (Å²) in [7, 11) is 1.85. The van der Waals surface area contributed by atoms with Crippen molar-refractivity contribution in [3.63, 3.8) is 0 Å². The van der Waals surface area contributed by atoms with Gasteiger partial charge in [0.25, 0.3) is 0 Å². The molecule has 0 aliphatic carbocycles. The third kappa shape index (κ3) is 2.45. The Kier molecular flexibility index (Phi) is 3.51. The number of hydrogen-bond donors (Lipinski definition) is 2. The maximum absolute atomic E-state index is 4.60. The average molecular weight is 358 g/mol. The lowest BCUT2D eigenvalue weighted by atomic mass is 9.92. The van der Waals surface area contributed by atoms with E-state index in [1.54, 1.807) is 0 Å². The number of aromatic nitrogens is 5. The Balaban J connectivity index is 2.64. The van der Waals surface area contributed by atoms with Crippen LogP contribution in [0.2, 0.25) is 0 Å². The smallest absolute Gasteiger partial charge is 0.199 e. The van der Waals surface area contributed by atoms with Gasteiger partial charge in [-0.3, -0.25) is 5.10 Å². The fourth-order valence-electron chi connectivity index (χ4n) is 1.53. The van der Waals surface area contributed by atoms with Gasteiger partial charge in [-0.1, -0.05) is 20.8 Å². The molecule has 0 aliphatic heterocycles. The molecule has 2 aromatic heterocycles. The Labute approximate surface area is 119 Å². The molecule has 2 rings (SSSR count). The first-order chi connectivity index (χ1) is 8.43. The summed E-state index contributed by atoms with van der Waals surface area (Å²) in [5.41, 5.74) is 0.939. The fourth-order valence-corrected chi connectivity index (χ4v) is 2.85. The summed E-state index contributed by atoms with van der Waals surface area (Å²) in [6.45, 7) is 6.38. The predicted octanol–water partition coefficient (Wildman–Crippen LogP) is 2.21. The van der Waals surface area contributed by atoms with Gasteiger partial charge in [0, 0.05) is 12.5 Å². The van der Waals surface area contributed by atoms with Crippen LogP contribution in [0.4, 0.5) is 5.82 Å². The predicted molar refractivity (Wildman–Crippen MR) is 78.4 cm³/mol. The highest BCUT2D eigenvalue weighted by atomic mass is 127. The van der Waals surface area contributed by atoms with Crippen molar-refractivity contribution in [1.82, 2.24) is 25.1 Å². The van der Waals surface area contributed by atoms with Crippen molar-refractivity contribution in [2.24, 2.45) is 0 Å². The van der Waals surface area contributed by atoms with Crippen LogP contribution in [0, 0.1) is 3.57 Å². The quantitative estimate of drug-likeness (QED) is 0.805. The molecule has 0 atom stereocenters. The summed E-state index contributed by atoms with van der Waals surface area (Å²) >= 11 is 2.27. The molecule has 6 nitrogen and oxygen atoms in total. The van der Waals surface area contributed by atoms with Crippen LogP contribution in [0.5, 0.6) is 0 Å². The standard InChI is InChI=1S/C11H15IN6/c1-11(2,3)7-6(12)8(13-4)17-10(16-7)9-14-5-15-18-9/h5H,1-4H3,(H,13,16,17)(H,14,15,18). The summed E-state index contributed by atoms with van der Waals surface area (Å²) in [5, 5.41) is 9.71. The molecule has 96 valence electrons. The molecule has 2 aromatic rings. The number of anilines is 1. The van der Waals surface area contributed by atoms with Crippen LogP contribution in [0.25, 0.3) is 11.6 Å². The molecular formula is C11H15IN6. The van der Waals surface area contributed by atoms with E-state index in [-0.39, 0.29) is 5.41 Å². The molecule has 0 bridgehead atoms. The summed E-state index contributed by atoms with van der Waals surface area (Å²) in [5.74, 6) is 1.94. The minimum absolute atomic E-state index is 0.0557. The minimum Gasteiger partial charge on any atom is -0.372 e. The Morgan fingerprint density at radius 1 is 1.28 bits per heavy atom. The number of nitrogens with zero attached hydrogens (tertiary/aromatic N) is 4. The van der Waals surface area contributed by atoms with E-state index in [0.717, 1.165) is 15.1 Å². The number of rotatable bonds is 2. The van der Waals surface area contributed by atoms with E-state index < -0.39 is 0 Å². The number of H-pyrrole nitrogens is 1. The number of aromatic amines is 1. The largest absolute Gasteiger partial charge is 0.372 e. The van der Waals surface area contributed by atoms with Crippen LogP contribution in [-0.2, 0) is 5.41 Å². The molecule has 0 fully saturated rings. The van der Waals surface area contributed by atoms with Crippen LogP contribution >= 0.6 is 22.6 Å². The van der Waals surface area contributed by atoms with Crippen molar-refractivity contribution in [3.8, 4) is 11.6 Å². The minimum atomic E-state index is -0.0557. The van der Waals surface area contributed by atoms with Crippen LogP contribution in [-0.4, -0.2) is 32.2 Å². The molecular weight excluding hydrogens is 343 g/mol. The molecule has 0 spiro atoms. The van der Waals surface area contributed by atoms with Crippen molar-refractivity contribution in [3.05, 3.63) is 15.6 Å². The van der Waals surface area contributed by atoms with Crippen molar-refractivity contribution in [2.75, 3.05) is 12.4 Å². The molecule has 0 unspecified atom stereocenters. The highest BCUT2D eigenvalue weighted by Gasteiger charge is 2.23. The number of nitrogens with one attached hydrogen (secondary N) is 2. The second-order valence-electron chi connectivity index (χ2n) is 4.89. The van der Waals surface area contributed by atoms with E-state index >= 15 is 0 Å². The second-order valence-corrected chi connectivity index (χ2v) is 5.97. The lowest BCUT2D eigenvalue weighted by molar-refractivity contribution is 0.564. The molecule has 0 aromatic carbocycles. The summed E-state index contributed by atoms with van der Waals surface area (Å²) in [6.07, 6.45) is 1.45. The Morgan fingerprint density at radius 3 is 2.50 bits per heavy atom. The van der Waals surface area contributed by atoms with Gasteiger partial charge < -0.3 is 5.32 Å². The molecule has 0 amide bonds. The normalized spacial score (nSPS) is 11.6. The van der Waals surface area contributed by atoms with Gasteiger partial charge in [-0.15, -0.1) is 0 Å². The third-order valence-corrected chi connectivity index (χ3v) is 3.45. The Hall–Kier alpha value is -1.25. The lowest BCUT2D eigenvalue weighted by Gasteiger charge is -2.21. The topological polar surface area (TPSA) is 79.4 Å². The Bertz CT molecular complexity index is 543. The zero-order valence-corrected chi connectivity index (χ0v) is 12.9.